The van der Waals surface area contributed by atoms with E-state index in [9.17, 15) is 0 Å². The van der Waals surface area contributed by atoms with Crippen molar-refractivity contribution in [3.8, 4) is 0 Å². The van der Waals surface area contributed by atoms with Gasteiger partial charge in [0, 0.05) is 0 Å². The van der Waals surface area contributed by atoms with Crippen molar-refractivity contribution in [1.29, 1.82) is 0 Å². The summed E-state index contributed by atoms with van der Waals surface area (Å²) in [5.74, 6) is 0. The van der Waals surface area contributed by atoms with Crippen molar-refractivity contribution in [3.63, 3.8) is 0 Å². The summed E-state index contributed by atoms with van der Waals surface area (Å²) in [6.45, 7) is 0. The van der Waals surface area contributed by atoms with Crippen LogP contribution in [0.1, 0.15) is 0 Å². The Labute approximate surface area is 94.0 Å². The molecule has 9 heavy (non-hydrogen) atoms. The van der Waals surface area contributed by atoms with Gasteiger partial charge in [-0.15, -0.1) is 0 Å². The summed E-state index contributed by atoms with van der Waals surface area (Å²) in [6.07, 6.45) is 0. The second kappa shape index (κ2) is 4.68. The van der Waals surface area contributed by atoms with Crippen molar-refractivity contribution in [2.24, 2.45) is 0 Å². The number of hydrogen-bond donors (Lipinski definition) is 0. The number of hydrogen-bond acceptors (Lipinski definition) is 0. The second-order valence-electron chi connectivity index (χ2n) is 1.06. The first-order valence-corrected chi connectivity index (χ1v) is 9.55. The van der Waals surface area contributed by atoms with Crippen LogP contribution >= 0.6 is 0 Å². The Bertz CT molecular complexity index is 271. The summed E-state index contributed by atoms with van der Waals surface area (Å²) in [5.41, 5.74) is 0. The summed E-state index contributed by atoms with van der Waals surface area (Å²) in [5, 5.41) is 0. The third-order valence-corrected chi connectivity index (χ3v) is 13.5. The van der Waals surface area contributed by atoms with Gasteiger partial charge in [0.15, 0.2) is 0 Å². The molecule has 0 saturated heterocycles. The van der Waals surface area contributed by atoms with Crippen molar-refractivity contribution >= 4 is 90.2 Å². The van der Waals surface area contributed by atoms with Crippen LogP contribution in [0, 0.1) is 5.43 Å². The van der Waals surface area contributed by atoms with Crippen LogP contribution in [0.5, 0.6) is 0 Å². The molecular weight excluding hydrogens is 510 g/mol. The van der Waals surface area contributed by atoms with E-state index in [-0.39, 0.29) is 0 Å². The van der Waals surface area contributed by atoms with Gasteiger partial charge in [-0.2, -0.15) is 0 Å². The zero-order chi connectivity index (χ0) is 6.85. The fraction of sp³-hybridized carbons (Fsp3) is 0. The average Bonchev–Trinajstić information content (AvgIpc) is 1.59. The molecule has 1 aromatic rings. The Kier molecular flexibility index (Phi) is 5.10. The summed E-state index contributed by atoms with van der Waals surface area (Å²) < 4.78 is 4.77. The van der Waals surface area contributed by atoms with Crippen LogP contribution in [0.25, 0.3) is 0 Å². The molecule has 48 valence electrons. The van der Waals surface area contributed by atoms with Crippen LogP contribution in [-0.4, -0.2) is 90.2 Å². The molecular formula is C3Se6. The van der Waals surface area contributed by atoms with E-state index in [2.05, 4.69) is 46.7 Å². The van der Waals surface area contributed by atoms with E-state index >= 15 is 0 Å². The van der Waals surface area contributed by atoms with Crippen LogP contribution in [0.4, 0.5) is 0 Å². The van der Waals surface area contributed by atoms with Gasteiger partial charge in [-0.3, -0.25) is 0 Å². The van der Waals surface area contributed by atoms with Gasteiger partial charge in [0.1, 0.15) is 0 Å². The summed E-state index contributed by atoms with van der Waals surface area (Å²) in [6, 6.07) is 0. The Hall–Kier alpha value is 2.73. The predicted molar refractivity (Wildman–Crippen MR) is 44.3 cm³/mol. The molecule has 0 aliphatic carbocycles. The Morgan fingerprint density at radius 3 is 1.11 bits per heavy atom. The van der Waals surface area contributed by atoms with E-state index in [1.54, 1.807) is 5.43 Å². The summed E-state index contributed by atoms with van der Waals surface area (Å²) in [7, 11) is 0. The fourth-order valence-electron chi connectivity index (χ4n) is 0.267. The SMILES string of the molecule is [Se]=c1[se]c(=[Se])[se]c(=[Se])[se]1. The molecule has 6 heteroatoms. The minimum absolute atomic E-state index is 0.688. The summed E-state index contributed by atoms with van der Waals surface area (Å²) in [4.78, 5) is 0. The standard InChI is InChI=1S/C3Se6/c4-1-7-2(5)9-3(6)8-1. The molecule has 0 fully saturated rings. The van der Waals surface area contributed by atoms with Gasteiger partial charge in [0.2, 0.25) is 0 Å². The zero-order valence-electron chi connectivity index (χ0n) is 3.95. The van der Waals surface area contributed by atoms with Crippen molar-refractivity contribution in [2.75, 3.05) is 0 Å². The molecule has 0 bridgehead atoms. The van der Waals surface area contributed by atoms with E-state index in [0.717, 1.165) is 0 Å². The molecule has 0 amide bonds. The first-order valence-electron chi connectivity index (χ1n) is 1.84. The molecule has 0 radical (unpaired) electrons. The van der Waals surface area contributed by atoms with E-state index in [1.165, 1.54) is 0 Å². The van der Waals surface area contributed by atoms with Gasteiger partial charge in [0.25, 0.3) is 0 Å². The third kappa shape index (κ3) is 3.77. The molecule has 0 saturated carbocycles. The Balaban J connectivity index is 3.72. The van der Waals surface area contributed by atoms with Crippen LogP contribution in [0.2, 0.25) is 0 Å². The van der Waals surface area contributed by atoms with Crippen molar-refractivity contribution in [2.45, 2.75) is 0 Å². The minimum atomic E-state index is 0.688. The maximum atomic E-state index is 3.14. The number of rotatable bonds is 0. The maximum absolute atomic E-state index is 3.14. The molecule has 1 heterocycles. The first-order chi connectivity index (χ1) is 4.18. The third-order valence-electron chi connectivity index (χ3n) is 0.500. The van der Waals surface area contributed by atoms with Crippen molar-refractivity contribution < 1.29 is 0 Å². The van der Waals surface area contributed by atoms with Gasteiger partial charge < -0.3 is 0 Å². The summed E-state index contributed by atoms with van der Waals surface area (Å²) >= 11 is 11.5. The van der Waals surface area contributed by atoms with Gasteiger partial charge in [0.05, 0.1) is 0 Å². The molecule has 0 atom stereocenters. The van der Waals surface area contributed by atoms with Gasteiger partial charge in [-0.05, 0) is 0 Å². The van der Waals surface area contributed by atoms with Crippen LogP contribution < -0.4 is 0 Å². The predicted octanol–water partition coefficient (Wildman–Crippen LogP) is -2.04. The molecule has 0 N–H and O–H groups in total. The average molecular weight is 510 g/mol. The molecule has 0 aliphatic heterocycles. The van der Waals surface area contributed by atoms with E-state index in [4.69, 9.17) is 0 Å². The molecule has 0 aliphatic rings. The van der Waals surface area contributed by atoms with Crippen LogP contribution in [0.15, 0.2) is 0 Å². The molecule has 0 spiro atoms. The van der Waals surface area contributed by atoms with Crippen molar-refractivity contribution in [3.05, 3.63) is 5.43 Å². The van der Waals surface area contributed by atoms with Gasteiger partial charge in [-0.25, -0.2) is 0 Å². The van der Waals surface area contributed by atoms with Gasteiger partial charge in [-0.1, -0.05) is 0 Å². The Morgan fingerprint density at radius 2 is 0.889 bits per heavy atom. The van der Waals surface area contributed by atoms with Crippen LogP contribution in [0.3, 0.4) is 0 Å². The Morgan fingerprint density at radius 1 is 0.667 bits per heavy atom. The van der Waals surface area contributed by atoms with Crippen molar-refractivity contribution in [1.82, 2.24) is 0 Å². The topological polar surface area (TPSA) is 0 Å². The zero-order valence-corrected chi connectivity index (χ0v) is 14.2. The fourth-order valence-corrected chi connectivity index (χ4v) is 30.3. The molecule has 0 unspecified atom stereocenters. The molecule has 1 aromatic heterocycles. The first kappa shape index (κ1) is 9.81. The van der Waals surface area contributed by atoms with E-state index < -0.39 is 0 Å². The quantitative estimate of drug-likeness (QED) is 0.354. The second-order valence-corrected chi connectivity index (χ2v) is 21.8. The molecule has 1 rings (SSSR count). The van der Waals surface area contributed by atoms with E-state index in [1.807, 2.05) is 0 Å². The van der Waals surface area contributed by atoms with Gasteiger partial charge >= 0.3 is 95.7 Å². The monoisotopic (exact) mass is 515 g/mol. The van der Waals surface area contributed by atoms with E-state index in [0.29, 0.717) is 43.5 Å². The molecule has 0 nitrogen and oxygen atoms in total. The van der Waals surface area contributed by atoms with Crippen LogP contribution in [-0.2, 0) is 0 Å². The molecule has 0 aromatic carbocycles. The normalized spacial score (nSPS) is 9.33.